The van der Waals surface area contributed by atoms with E-state index in [4.69, 9.17) is 5.73 Å². The first-order valence-corrected chi connectivity index (χ1v) is 3.83. The van der Waals surface area contributed by atoms with Crippen LogP contribution in [0.5, 0.6) is 0 Å². The summed E-state index contributed by atoms with van der Waals surface area (Å²) in [6.07, 6.45) is 0. The summed E-state index contributed by atoms with van der Waals surface area (Å²) in [5, 5.41) is 3.91. The molecular weight excluding hydrogens is 140 g/mol. The summed E-state index contributed by atoms with van der Waals surface area (Å²) < 4.78 is 0. The van der Waals surface area contributed by atoms with Crippen LogP contribution < -0.4 is 11.2 Å². The van der Waals surface area contributed by atoms with Gasteiger partial charge in [0.2, 0.25) is 0 Å². The lowest BCUT2D eigenvalue weighted by molar-refractivity contribution is -0.0158. The highest BCUT2D eigenvalue weighted by Crippen LogP contribution is 2.28. The molecule has 0 radical (unpaired) electrons. The topological polar surface area (TPSA) is 44.5 Å². The van der Waals surface area contributed by atoms with Gasteiger partial charge in [0.1, 0.15) is 0 Å². The van der Waals surface area contributed by atoms with Gasteiger partial charge in [-0.3, -0.25) is 0 Å². The van der Waals surface area contributed by atoms with Gasteiger partial charge in [-0.25, -0.2) is 10.4 Å². The van der Waals surface area contributed by atoms with Gasteiger partial charge in [-0.2, -0.15) is 5.12 Å². The van der Waals surface area contributed by atoms with Gasteiger partial charge in [0, 0.05) is 14.1 Å². The van der Waals surface area contributed by atoms with Crippen LogP contribution in [-0.4, -0.2) is 35.4 Å². The lowest BCUT2D eigenvalue weighted by atomic mass is 9.91. The summed E-state index contributed by atoms with van der Waals surface area (Å²) in [6, 6.07) is 0. The highest BCUT2D eigenvalue weighted by molar-refractivity contribution is 5.01. The van der Waals surface area contributed by atoms with E-state index in [1.807, 2.05) is 31.1 Å². The van der Waals surface area contributed by atoms with E-state index in [0.717, 1.165) is 0 Å². The van der Waals surface area contributed by atoms with Crippen LogP contribution in [0.1, 0.15) is 20.8 Å². The number of likely N-dealkylation sites (N-methyl/N-ethyl adjacent to an activating group) is 1. The van der Waals surface area contributed by atoms with Gasteiger partial charge >= 0.3 is 0 Å². The van der Waals surface area contributed by atoms with Crippen LogP contribution in [0.2, 0.25) is 0 Å². The fourth-order valence-corrected chi connectivity index (χ4v) is 1.31. The van der Waals surface area contributed by atoms with Crippen molar-refractivity contribution in [1.82, 2.24) is 15.6 Å². The Balaban J connectivity index is 2.92. The van der Waals surface area contributed by atoms with Crippen LogP contribution in [0.15, 0.2) is 0 Å². The van der Waals surface area contributed by atoms with E-state index in [-0.39, 0.29) is 11.2 Å². The second-order valence-electron chi connectivity index (χ2n) is 3.93. The third-order valence-electron chi connectivity index (χ3n) is 2.83. The van der Waals surface area contributed by atoms with Crippen molar-refractivity contribution in [2.45, 2.75) is 32.0 Å². The second-order valence-corrected chi connectivity index (χ2v) is 3.93. The molecule has 1 aliphatic rings. The molecule has 0 aromatic heterocycles. The van der Waals surface area contributed by atoms with E-state index in [0.29, 0.717) is 0 Å². The fraction of sp³-hybridized carbons (Fsp3) is 1.00. The van der Waals surface area contributed by atoms with Crippen molar-refractivity contribution in [3.63, 3.8) is 0 Å². The highest BCUT2D eigenvalue weighted by atomic mass is 15.9. The average Bonchev–Trinajstić information content (AvgIpc) is 1.93. The smallest absolute Gasteiger partial charge is 0.0996 e. The molecule has 1 saturated heterocycles. The summed E-state index contributed by atoms with van der Waals surface area (Å²) >= 11 is 0. The van der Waals surface area contributed by atoms with Crippen molar-refractivity contribution in [3.8, 4) is 0 Å². The number of hydrazine groups is 2. The zero-order chi connectivity index (χ0) is 8.86. The van der Waals surface area contributed by atoms with E-state index in [9.17, 15) is 0 Å². The monoisotopic (exact) mass is 158 g/mol. The third-order valence-corrected chi connectivity index (χ3v) is 2.83. The highest BCUT2D eigenvalue weighted by Gasteiger charge is 2.49. The lowest BCUT2D eigenvalue weighted by Crippen LogP contribution is -2.61. The minimum Gasteiger partial charge on any atom is -0.311 e. The maximum absolute atomic E-state index is 6.11. The fourth-order valence-electron chi connectivity index (χ4n) is 1.31. The van der Waals surface area contributed by atoms with Crippen molar-refractivity contribution in [3.05, 3.63) is 0 Å². The molecule has 4 nitrogen and oxygen atoms in total. The Morgan fingerprint density at radius 3 is 1.73 bits per heavy atom. The molecule has 0 aromatic rings. The molecule has 1 rings (SSSR count). The first-order chi connectivity index (χ1) is 4.79. The molecule has 4 heteroatoms. The summed E-state index contributed by atoms with van der Waals surface area (Å²) in [4.78, 5) is 0. The maximum atomic E-state index is 6.11. The van der Waals surface area contributed by atoms with E-state index < -0.39 is 0 Å². The maximum Gasteiger partial charge on any atom is 0.0996 e. The number of nitrogens with zero attached hydrogens (tertiary/aromatic N) is 2. The zero-order valence-electron chi connectivity index (χ0n) is 7.97. The molecule has 1 atom stereocenters. The normalized spacial score (nSPS) is 39.8. The van der Waals surface area contributed by atoms with Gasteiger partial charge < -0.3 is 5.73 Å². The molecule has 0 spiro atoms. The van der Waals surface area contributed by atoms with Crippen LogP contribution in [0.4, 0.5) is 0 Å². The lowest BCUT2D eigenvalue weighted by Gasteiger charge is -2.36. The molecule has 1 unspecified atom stereocenters. The van der Waals surface area contributed by atoms with Gasteiger partial charge in [-0.15, -0.1) is 0 Å². The van der Waals surface area contributed by atoms with Gasteiger partial charge in [-0.05, 0) is 20.8 Å². The first kappa shape index (κ1) is 8.93. The standard InChI is InChI=1S/C7H18N4/c1-6(2)7(3,8)10(4)11(5)9-6/h9H,8H2,1-5H3. The molecule has 11 heavy (non-hydrogen) atoms. The summed E-state index contributed by atoms with van der Waals surface area (Å²) in [5.74, 6) is 0. The number of nitrogens with one attached hydrogen (secondary N) is 1. The van der Waals surface area contributed by atoms with Crippen LogP contribution in [0.3, 0.4) is 0 Å². The average molecular weight is 158 g/mol. The Kier molecular flexibility index (Phi) is 1.76. The Labute approximate surface area is 68.3 Å². The Morgan fingerprint density at radius 1 is 1.18 bits per heavy atom. The number of hydrogen-bond acceptors (Lipinski definition) is 4. The molecule has 0 amide bonds. The molecule has 3 N–H and O–H groups in total. The molecule has 1 aliphatic heterocycles. The van der Waals surface area contributed by atoms with Crippen molar-refractivity contribution >= 4 is 0 Å². The Bertz CT molecular complexity index is 164. The van der Waals surface area contributed by atoms with Crippen molar-refractivity contribution in [2.75, 3.05) is 14.1 Å². The van der Waals surface area contributed by atoms with Crippen LogP contribution >= 0.6 is 0 Å². The largest absolute Gasteiger partial charge is 0.311 e. The van der Waals surface area contributed by atoms with Crippen LogP contribution in [-0.2, 0) is 0 Å². The quantitative estimate of drug-likeness (QED) is 0.510. The third kappa shape index (κ3) is 1.06. The van der Waals surface area contributed by atoms with Gasteiger partial charge in [0.15, 0.2) is 0 Å². The Morgan fingerprint density at radius 2 is 1.64 bits per heavy atom. The van der Waals surface area contributed by atoms with E-state index in [1.54, 1.807) is 0 Å². The van der Waals surface area contributed by atoms with Crippen LogP contribution in [0.25, 0.3) is 0 Å². The molecule has 0 bridgehead atoms. The molecule has 0 saturated carbocycles. The molecular formula is C7H18N4. The van der Waals surface area contributed by atoms with E-state index in [1.165, 1.54) is 0 Å². The summed E-state index contributed by atoms with van der Waals surface area (Å²) in [5.41, 5.74) is 8.96. The van der Waals surface area contributed by atoms with Crippen molar-refractivity contribution in [1.29, 1.82) is 0 Å². The van der Waals surface area contributed by atoms with Crippen molar-refractivity contribution < 1.29 is 0 Å². The molecule has 1 heterocycles. The zero-order valence-corrected chi connectivity index (χ0v) is 7.97. The second kappa shape index (κ2) is 2.17. The first-order valence-electron chi connectivity index (χ1n) is 3.83. The summed E-state index contributed by atoms with van der Waals surface area (Å²) in [6.45, 7) is 6.20. The molecule has 66 valence electrons. The molecule has 0 aliphatic carbocycles. The SMILES string of the molecule is CN1NC(C)(C)C(C)(N)N1C. The molecule has 1 fully saturated rings. The minimum absolute atomic E-state index is 0.0868. The number of nitrogens with two attached hydrogens (primary N) is 1. The van der Waals surface area contributed by atoms with Crippen LogP contribution in [0, 0.1) is 0 Å². The van der Waals surface area contributed by atoms with Crippen molar-refractivity contribution in [2.24, 2.45) is 5.73 Å². The van der Waals surface area contributed by atoms with Gasteiger partial charge in [0.25, 0.3) is 0 Å². The van der Waals surface area contributed by atoms with Gasteiger partial charge in [0.05, 0.1) is 11.2 Å². The number of rotatable bonds is 0. The number of hydrogen-bond donors (Lipinski definition) is 2. The molecule has 0 aromatic carbocycles. The Hall–Kier alpha value is -0.160. The van der Waals surface area contributed by atoms with E-state index in [2.05, 4.69) is 19.3 Å². The van der Waals surface area contributed by atoms with E-state index >= 15 is 0 Å². The predicted octanol–water partition coefficient (Wildman–Crippen LogP) is -0.263. The summed E-state index contributed by atoms with van der Waals surface area (Å²) in [7, 11) is 3.93. The van der Waals surface area contributed by atoms with Gasteiger partial charge in [-0.1, -0.05) is 0 Å². The predicted molar refractivity (Wildman–Crippen MR) is 45.3 cm³/mol. The minimum atomic E-state index is -0.332.